The summed E-state index contributed by atoms with van der Waals surface area (Å²) in [5.74, 6) is 0.280. The Balaban J connectivity index is 1.74. The third-order valence-electron chi connectivity index (χ3n) is 3.93. The van der Waals surface area contributed by atoms with Crippen LogP contribution in [0.25, 0.3) is 0 Å². The molecule has 0 aliphatic carbocycles. The summed E-state index contributed by atoms with van der Waals surface area (Å²) in [5, 5.41) is 2.71. The van der Waals surface area contributed by atoms with Crippen molar-refractivity contribution in [3.05, 3.63) is 64.9 Å². The predicted molar refractivity (Wildman–Crippen MR) is 114 cm³/mol. The highest BCUT2D eigenvalue weighted by molar-refractivity contribution is 9.10. The van der Waals surface area contributed by atoms with Gasteiger partial charge in [0.05, 0.1) is 23.6 Å². The molecule has 0 spiro atoms. The van der Waals surface area contributed by atoms with Gasteiger partial charge in [0.15, 0.2) is 0 Å². The molecule has 1 heterocycles. The molecular weight excluding hydrogens is 476 g/mol. The number of nitrogens with zero attached hydrogens (tertiary/aromatic N) is 2. The van der Waals surface area contributed by atoms with Gasteiger partial charge in [-0.05, 0) is 58.4 Å². The highest BCUT2D eigenvalue weighted by atomic mass is 79.9. The zero-order valence-electron chi connectivity index (χ0n) is 15.9. The van der Waals surface area contributed by atoms with Crippen molar-refractivity contribution in [2.75, 3.05) is 24.3 Å². The zero-order valence-corrected chi connectivity index (χ0v) is 18.3. The van der Waals surface area contributed by atoms with E-state index in [9.17, 15) is 13.2 Å². The molecule has 0 saturated carbocycles. The fraction of sp³-hybridized carbons (Fsp3) is 0.105. The third kappa shape index (κ3) is 4.86. The van der Waals surface area contributed by atoms with Crippen molar-refractivity contribution in [1.82, 2.24) is 9.97 Å². The molecule has 0 atom stereocenters. The molecule has 3 aromatic rings. The maximum Gasteiger partial charge on any atom is 0.263 e. The molecule has 1 amide bonds. The van der Waals surface area contributed by atoms with Gasteiger partial charge in [-0.1, -0.05) is 0 Å². The van der Waals surface area contributed by atoms with Crippen LogP contribution in [0.1, 0.15) is 10.4 Å². The van der Waals surface area contributed by atoms with Gasteiger partial charge in [-0.15, -0.1) is 0 Å². The van der Waals surface area contributed by atoms with Crippen LogP contribution in [-0.2, 0) is 10.0 Å². The van der Waals surface area contributed by atoms with Gasteiger partial charge in [0.1, 0.15) is 5.75 Å². The number of carbonyl (C=O) groups excluding carboxylic acids is 1. The fourth-order valence-corrected chi connectivity index (χ4v) is 4.01. The Kier molecular flexibility index (Phi) is 6.53. The third-order valence-corrected chi connectivity index (χ3v) is 5.90. The van der Waals surface area contributed by atoms with E-state index < -0.39 is 10.0 Å². The molecule has 3 rings (SSSR count). The van der Waals surface area contributed by atoms with E-state index in [1.165, 1.54) is 50.9 Å². The highest BCUT2D eigenvalue weighted by Crippen LogP contribution is 2.26. The van der Waals surface area contributed by atoms with Crippen LogP contribution in [0.2, 0.25) is 0 Å². The van der Waals surface area contributed by atoms with Crippen molar-refractivity contribution < 1.29 is 22.7 Å². The van der Waals surface area contributed by atoms with Gasteiger partial charge in [-0.3, -0.25) is 9.52 Å². The first-order chi connectivity index (χ1) is 14.3. The number of carbonyl (C=O) groups is 1. The number of hydrogen-bond donors (Lipinski definition) is 2. The Morgan fingerprint density at radius 2 is 1.70 bits per heavy atom. The van der Waals surface area contributed by atoms with E-state index in [0.29, 0.717) is 21.5 Å². The van der Waals surface area contributed by atoms with Crippen molar-refractivity contribution in [3.8, 4) is 11.6 Å². The van der Waals surface area contributed by atoms with E-state index in [-0.39, 0.29) is 22.5 Å². The minimum Gasteiger partial charge on any atom is -0.496 e. The Hall–Kier alpha value is -3.18. The molecule has 0 unspecified atom stereocenters. The van der Waals surface area contributed by atoms with Gasteiger partial charge in [-0.25, -0.2) is 18.4 Å². The maximum absolute atomic E-state index is 12.6. The second-order valence-electron chi connectivity index (χ2n) is 5.85. The lowest BCUT2D eigenvalue weighted by Crippen LogP contribution is -2.15. The van der Waals surface area contributed by atoms with Crippen LogP contribution in [-0.4, -0.2) is 38.5 Å². The smallest absolute Gasteiger partial charge is 0.263 e. The van der Waals surface area contributed by atoms with Gasteiger partial charge < -0.3 is 14.8 Å². The first-order valence-electron chi connectivity index (χ1n) is 8.47. The summed E-state index contributed by atoms with van der Waals surface area (Å²) in [6.45, 7) is 0. The first-order valence-corrected chi connectivity index (χ1v) is 10.7. The van der Waals surface area contributed by atoms with Gasteiger partial charge in [0.2, 0.25) is 5.82 Å². The minimum atomic E-state index is -3.92. The summed E-state index contributed by atoms with van der Waals surface area (Å²) in [4.78, 5) is 20.2. The van der Waals surface area contributed by atoms with Gasteiger partial charge in [-0.2, -0.15) is 0 Å². The highest BCUT2D eigenvalue weighted by Gasteiger charge is 2.18. The second-order valence-corrected chi connectivity index (χ2v) is 8.38. The van der Waals surface area contributed by atoms with Gasteiger partial charge >= 0.3 is 0 Å². The number of sulfonamides is 1. The average molecular weight is 493 g/mol. The number of rotatable bonds is 7. The Morgan fingerprint density at radius 3 is 2.33 bits per heavy atom. The number of anilines is 2. The van der Waals surface area contributed by atoms with E-state index in [2.05, 4.69) is 35.9 Å². The first kappa shape index (κ1) is 21.5. The van der Waals surface area contributed by atoms with Crippen LogP contribution < -0.4 is 19.5 Å². The Morgan fingerprint density at radius 1 is 1.00 bits per heavy atom. The number of amides is 1. The summed E-state index contributed by atoms with van der Waals surface area (Å²) < 4.78 is 38.3. The number of aromatic nitrogens is 2. The topological polar surface area (TPSA) is 120 Å². The van der Waals surface area contributed by atoms with E-state index in [1.54, 1.807) is 18.2 Å². The quantitative estimate of drug-likeness (QED) is 0.518. The van der Waals surface area contributed by atoms with Crippen LogP contribution in [0.3, 0.4) is 0 Å². The van der Waals surface area contributed by atoms with Crippen LogP contribution in [0.5, 0.6) is 11.6 Å². The molecule has 0 fully saturated rings. The number of methoxy groups -OCH3 is 2. The molecule has 0 aliphatic rings. The maximum atomic E-state index is 12.6. The van der Waals surface area contributed by atoms with E-state index in [0.717, 1.165) is 0 Å². The standard InChI is InChI=1S/C19H17BrN4O5S/c1-28-16-8-3-12(11-15(16)20)18(25)23-13-4-6-14(7-5-13)30(26,27)24-17-19(29-2)22-10-9-21-17/h3-11H,1-2H3,(H,21,24)(H,23,25). The monoisotopic (exact) mass is 492 g/mol. The SMILES string of the molecule is COc1ccc(C(=O)Nc2ccc(S(=O)(=O)Nc3nccnc3OC)cc2)cc1Br. The fourth-order valence-electron chi connectivity index (χ4n) is 2.46. The zero-order chi connectivity index (χ0) is 21.7. The summed E-state index contributed by atoms with van der Waals surface area (Å²) in [5.41, 5.74) is 0.846. The Bertz CT molecular complexity index is 1170. The average Bonchev–Trinajstić information content (AvgIpc) is 2.74. The lowest BCUT2D eigenvalue weighted by Gasteiger charge is -2.11. The largest absolute Gasteiger partial charge is 0.496 e. The molecule has 2 aromatic carbocycles. The lowest BCUT2D eigenvalue weighted by atomic mass is 10.2. The summed E-state index contributed by atoms with van der Waals surface area (Å²) >= 11 is 3.33. The van der Waals surface area contributed by atoms with Crippen LogP contribution in [0.4, 0.5) is 11.5 Å². The summed E-state index contributed by atoms with van der Waals surface area (Å²) in [7, 11) is -1.03. The molecule has 0 saturated heterocycles. The molecule has 9 nitrogen and oxygen atoms in total. The van der Waals surface area contributed by atoms with Gasteiger partial charge in [0.25, 0.3) is 21.8 Å². The molecule has 11 heteroatoms. The molecule has 156 valence electrons. The van der Waals surface area contributed by atoms with Gasteiger partial charge in [0, 0.05) is 23.6 Å². The van der Waals surface area contributed by atoms with Crippen molar-refractivity contribution >= 4 is 43.4 Å². The molecule has 0 aliphatic heterocycles. The second kappa shape index (κ2) is 9.09. The number of halogens is 1. The van der Waals surface area contributed by atoms with E-state index >= 15 is 0 Å². The normalized spacial score (nSPS) is 10.9. The number of ether oxygens (including phenoxy) is 2. The predicted octanol–water partition coefficient (Wildman–Crippen LogP) is 3.31. The minimum absolute atomic E-state index is 0.0135. The molecule has 0 bridgehead atoms. The van der Waals surface area contributed by atoms with Crippen molar-refractivity contribution in [3.63, 3.8) is 0 Å². The van der Waals surface area contributed by atoms with Crippen LogP contribution >= 0.6 is 15.9 Å². The van der Waals surface area contributed by atoms with E-state index in [4.69, 9.17) is 9.47 Å². The van der Waals surface area contributed by atoms with Crippen LogP contribution in [0, 0.1) is 0 Å². The van der Waals surface area contributed by atoms with Crippen molar-refractivity contribution in [1.29, 1.82) is 0 Å². The Labute approximate surface area is 181 Å². The molecular formula is C19H17BrN4O5S. The molecule has 1 aromatic heterocycles. The number of nitrogens with one attached hydrogen (secondary N) is 2. The summed E-state index contributed by atoms with van der Waals surface area (Å²) in [6.07, 6.45) is 2.73. The molecule has 30 heavy (non-hydrogen) atoms. The van der Waals surface area contributed by atoms with Crippen molar-refractivity contribution in [2.24, 2.45) is 0 Å². The van der Waals surface area contributed by atoms with Crippen molar-refractivity contribution in [2.45, 2.75) is 4.90 Å². The van der Waals surface area contributed by atoms with Crippen LogP contribution in [0.15, 0.2) is 64.2 Å². The number of benzene rings is 2. The number of hydrogen-bond acceptors (Lipinski definition) is 7. The van der Waals surface area contributed by atoms with E-state index in [1.807, 2.05) is 0 Å². The lowest BCUT2D eigenvalue weighted by molar-refractivity contribution is 0.102. The molecule has 2 N–H and O–H groups in total. The summed E-state index contributed by atoms with van der Waals surface area (Å²) in [6, 6.07) is 10.6. The molecule has 0 radical (unpaired) electrons.